The first kappa shape index (κ1) is 22.6. The fraction of sp³-hybridized carbons (Fsp3) is 0.192. The van der Waals surface area contributed by atoms with Crippen molar-refractivity contribution in [1.82, 2.24) is 14.8 Å². The maximum absolute atomic E-state index is 12.8. The molecule has 7 heteroatoms. The highest BCUT2D eigenvalue weighted by Gasteiger charge is 2.21. The molecule has 168 valence electrons. The van der Waals surface area contributed by atoms with Crippen LogP contribution in [0.4, 0.5) is 11.4 Å². The summed E-state index contributed by atoms with van der Waals surface area (Å²) in [5.41, 5.74) is 5.10. The lowest BCUT2D eigenvalue weighted by Gasteiger charge is -2.14. The molecule has 0 radical (unpaired) electrons. The Kier molecular flexibility index (Phi) is 7.10. The molecular weight excluding hydrogens is 430 g/mol. The van der Waals surface area contributed by atoms with Crippen LogP contribution in [0.25, 0.3) is 5.69 Å². The van der Waals surface area contributed by atoms with E-state index in [-0.39, 0.29) is 11.2 Å². The van der Waals surface area contributed by atoms with Crippen molar-refractivity contribution in [1.29, 1.82) is 0 Å². The second kappa shape index (κ2) is 10.4. The highest BCUT2D eigenvalue weighted by atomic mass is 32.2. The third-order valence-corrected chi connectivity index (χ3v) is 6.20. The van der Waals surface area contributed by atoms with Crippen LogP contribution in [0.5, 0.6) is 0 Å². The Morgan fingerprint density at radius 3 is 2.39 bits per heavy atom. The summed E-state index contributed by atoms with van der Waals surface area (Å²) < 4.78 is 2.00. The van der Waals surface area contributed by atoms with Gasteiger partial charge in [-0.1, -0.05) is 59.8 Å². The molecule has 6 nitrogen and oxygen atoms in total. The molecule has 1 amide bonds. The number of para-hydroxylation sites is 1. The SMILES string of the molecule is Cc1ccc(NC(=O)[C@@H](C)Sc2nnc(CNc3cccc(C)c3)n2-c2ccccc2)cc1. The fourth-order valence-electron chi connectivity index (χ4n) is 3.36. The predicted octanol–water partition coefficient (Wildman–Crippen LogP) is 5.62. The standard InChI is InChI=1S/C26H27N5OS/c1-18-12-14-21(15-13-18)28-25(32)20(3)33-26-30-29-24(31(26)23-10-5-4-6-11-23)17-27-22-9-7-8-19(2)16-22/h4-16,20,27H,17H2,1-3H3,(H,28,32)/t20-/m1/s1. The van der Waals surface area contributed by atoms with E-state index in [9.17, 15) is 4.79 Å². The van der Waals surface area contributed by atoms with Gasteiger partial charge in [-0.05, 0) is 62.7 Å². The molecule has 0 fully saturated rings. The summed E-state index contributed by atoms with van der Waals surface area (Å²) in [6.07, 6.45) is 0. The van der Waals surface area contributed by atoms with E-state index in [1.807, 2.05) is 85.1 Å². The molecule has 0 bridgehead atoms. The predicted molar refractivity (Wildman–Crippen MR) is 135 cm³/mol. The van der Waals surface area contributed by atoms with Gasteiger partial charge in [0.1, 0.15) is 0 Å². The summed E-state index contributed by atoms with van der Waals surface area (Å²) >= 11 is 1.39. The molecule has 2 N–H and O–H groups in total. The lowest BCUT2D eigenvalue weighted by Crippen LogP contribution is -2.23. The Morgan fingerprint density at radius 2 is 1.67 bits per heavy atom. The van der Waals surface area contributed by atoms with Crippen molar-refractivity contribution in [3.63, 3.8) is 0 Å². The minimum absolute atomic E-state index is 0.0779. The van der Waals surface area contributed by atoms with E-state index in [0.29, 0.717) is 11.7 Å². The average Bonchev–Trinajstić information content (AvgIpc) is 3.22. The van der Waals surface area contributed by atoms with Crippen molar-refractivity contribution in [2.24, 2.45) is 0 Å². The Hall–Kier alpha value is -3.58. The van der Waals surface area contributed by atoms with Gasteiger partial charge in [0.15, 0.2) is 11.0 Å². The van der Waals surface area contributed by atoms with Gasteiger partial charge in [0.05, 0.1) is 11.8 Å². The fourth-order valence-corrected chi connectivity index (χ4v) is 4.24. The van der Waals surface area contributed by atoms with E-state index in [0.717, 1.165) is 28.5 Å². The number of amides is 1. The van der Waals surface area contributed by atoms with E-state index in [4.69, 9.17) is 0 Å². The van der Waals surface area contributed by atoms with Gasteiger partial charge in [-0.25, -0.2) is 0 Å². The van der Waals surface area contributed by atoms with Crippen LogP contribution in [0.2, 0.25) is 0 Å². The molecule has 1 atom stereocenters. The number of thioether (sulfide) groups is 1. The highest BCUT2D eigenvalue weighted by Crippen LogP contribution is 2.27. The van der Waals surface area contributed by atoms with Crippen molar-refractivity contribution in [3.8, 4) is 5.69 Å². The van der Waals surface area contributed by atoms with Crippen molar-refractivity contribution >= 4 is 29.0 Å². The molecule has 1 heterocycles. The first-order chi connectivity index (χ1) is 16.0. The van der Waals surface area contributed by atoms with Crippen molar-refractivity contribution in [2.45, 2.75) is 37.7 Å². The van der Waals surface area contributed by atoms with Gasteiger partial charge in [0, 0.05) is 17.1 Å². The quantitative estimate of drug-likeness (QED) is 0.336. The van der Waals surface area contributed by atoms with E-state index < -0.39 is 0 Å². The molecule has 33 heavy (non-hydrogen) atoms. The second-order valence-electron chi connectivity index (χ2n) is 7.91. The van der Waals surface area contributed by atoms with Crippen LogP contribution in [-0.4, -0.2) is 25.9 Å². The lowest BCUT2D eigenvalue weighted by molar-refractivity contribution is -0.115. The summed E-state index contributed by atoms with van der Waals surface area (Å²) in [7, 11) is 0. The first-order valence-electron chi connectivity index (χ1n) is 10.8. The van der Waals surface area contributed by atoms with Crippen molar-refractivity contribution < 1.29 is 4.79 Å². The van der Waals surface area contributed by atoms with Gasteiger partial charge in [0.2, 0.25) is 5.91 Å². The molecular formula is C26H27N5OS. The van der Waals surface area contributed by atoms with Crippen molar-refractivity contribution in [2.75, 3.05) is 10.6 Å². The molecule has 0 saturated heterocycles. The van der Waals surface area contributed by atoms with Gasteiger partial charge in [-0.2, -0.15) is 0 Å². The van der Waals surface area contributed by atoms with Crippen LogP contribution in [0.1, 0.15) is 23.9 Å². The molecule has 3 aromatic carbocycles. The van der Waals surface area contributed by atoms with E-state index in [2.05, 4.69) is 39.9 Å². The maximum atomic E-state index is 12.8. The van der Waals surface area contributed by atoms with Crippen LogP contribution in [-0.2, 0) is 11.3 Å². The maximum Gasteiger partial charge on any atom is 0.237 e. The number of rotatable bonds is 8. The number of aryl methyl sites for hydroxylation is 2. The van der Waals surface area contributed by atoms with Gasteiger partial charge >= 0.3 is 0 Å². The number of aromatic nitrogens is 3. The van der Waals surface area contributed by atoms with Crippen LogP contribution < -0.4 is 10.6 Å². The molecule has 0 aliphatic rings. The average molecular weight is 458 g/mol. The molecule has 4 aromatic rings. The van der Waals surface area contributed by atoms with Crippen LogP contribution >= 0.6 is 11.8 Å². The Labute approximate surface area is 198 Å². The number of hydrogen-bond acceptors (Lipinski definition) is 5. The Balaban J connectivity index is 1.53. The van der Waals surface area contributed by atoms with E-state index in [1.54, 1.807) is 0 Å². The Morgan fingerprint density at radius 1 is 0.909 bits per heavy atom. The third kappa shape index (κ3) is 5.81. The summed E-state index contributed by atoms with van der Waals surface area (Å²) in [4.78, 5) is 12.8. The zero-order chi connectivity index (χ0) is 23.2. The Bertz CT molecular complexity index is 1220. The topological polar surface area (TPSA) is 71.8 Å². The van der Waals surface area contributed by atoms with Gasteiger partial charge in [-0.15, -0.1) is 10.2 Å². The first-order valence-corrected chi connectivity index (χ1v) is 11.7. The number of anilines is 2. The second-order valence-corrected chi connectivity index (χ2v) is 9.22. The molecule has 0 spiro atoms. The molecule has 4 rings (SSSR count). The number of nitrogens with zero attached hydrogens (tertiary/aromatic N) is 3. The summed E-state index contributed by atoms with van der Waals surface area (Å²) in [6, 6.07) is 26.0. The van der Waals surface area contributed by atoms with E-state index in [1.165, 1.54) is 17.3 Å². The van der Waals surface area contributed by atoms with E-state index >= 15 is 0 Å². The zero-order valence-corrected chi connectivity index (χ0v) is 19.8. The number of benzene rings is 3. The van der Waals surface area contributed by atoms with Crippen LogP contribution in [0, 0.1) is 13.8 Å². The van der Waals surface area contributed by atoms with Crippen molar-refractivity contribution in [3.05, 3.63) is 95.8 Å². The minimum Gasteiger partial charge on any atom is -0.378 e. The highest BCUT2D eigenvalue weighted by molar-refractivity contribution is 8.00. The van der Waals surface area contributed by atoms with Crippen LogP contribution in [0.15, 0.2) is 84.0 Å². The smallest absolute Gasteiger partial charge is 0.237 e. The monoisotopic (exact) mass is 457 g/mol. The summed E-state index contributed by atoms with van der Waals surface area (Å²) in [5.74, 6) is 0.697. The normalized spacial score (nSPS) is 11.7. The summed E-state index contributed by atoms with van der Waals surface area (Å²) in [6.45, 7) is 6.47. The molecule has 0 aliphatic heterocycles. The van der Waals surface area contributed by atoms with Crippen LogP contribution in [0.3, 0.4) is 0 Å². The van der Waals surface area contributed by atoms with Gasteiger partial charge < -0.3 is 10.6 Å². The van der Waals surface area contributed by atoms with Gasteiger partial charge in [0.25, 0.3) is 0 Å². The molecule has 1 aromatic heterocycles. The van der Waals surface area contributed by atoms with Gasteiger partial charge in [-0.3, -0.25) is 9.36 Å². The number of carbonyl (C=O) groups is 1. The minimum atomic E-state index is -0.351. The lowest BCUT2D eigenvalue weighted by atomic mass is 10.2. The number of nitrogens with one attached hydrogen (secondary N) is 2. The summed E-state index contributed by atoms with van der Waals surface area (Å²) in [5, 5.41) is 15.6. The molecule has 0 saturated carbocycles. The zero-order valence-electron chi connectivity index (χ0n) is 18.9. The molecule has 0 aliphatic carbocycles. The molecule has 0 unspecified atom stereocenters. The largest absolute Gasteiger partial charge is 0.378 e. The number of carbonyl (C=O) groups excluding carboxylic acids is 1. The number of hydrogen-bond donors (Lipinski definition) is 2. The third-order valence-electron chi connectivity index (χ3n) is 5.15.